The number of aromatic nitrogens is 2. The molecule has 68 valence electrons. The van der Waals surface area contributed by atoms with Crippen molar-refractivity contribution in [1.29, 1.82) is 0 Å². The molecule has 0 aliphatic rings. The van der Waals surface area contributed by atoms with Crippen molar-refractivity contribution in [3.63, 3.8) is 0 Å². The van der Waals surface area contributed by atoms with Gasteiger partial charge < -0.3 is 4.52 Å². The van der Waals surface area contributed by atoms with Crippen LogP contribution in [0.2, 0.25) is 0 Å². The van der Waals surface area contributed by atoms with Gasteiger partial charge in [0.05, 0.1) is 0 Å². The first-order valence-corrected chi connectivity index (χ1v) is 5.15. The average molecular weight is 215 g/mol. The number of aryl methyl sites for hydroxylation is 1. The summed E-state index contributed by atoms with van der Waals surface area (Å²) in [5, 5.41) is 5.80. The van der Waals surface area contributed by atoms with Gasteiger partial charge in [-0.05, 0) is 13.0 Å². The van der Waals surface area contributed by atoms with E-state index in [2.05, 4.69) is 10.1 Å². The highest BCUT2D eigenvalue weighted by Crippen LogP contribution is 2.22. The van der Waals surface area contributed by atoms with Crippen molar-refractivity contribution in [3.05, 3.63) is 22.2 Å². The number of alkyl halides is 1. The van der Waals surface area contributed by atoms with E-state index >= 15 is 0 Å². The van der Waals surface area contributed by atoms with Gasteiger partial charge in [0.15, 0.2) is 0 Å². The first-order chi connectivity index (χ1) is 6.29. The van der Waals surface area contributed by atoms with Crippen molar-refractivity contribution < 1.29 is 4.52 Å². The van der Waals surface area contributed by atoms with E-state index in [-0.39, 0.29) is 5.88 Å². The highest BCUT2D eigenvalue weighted by Gasteiger charge is 2.08. The monoisotopic (exact) mass is 214 g/mol. The molecule has 0 atom stereocenters. The molecule has 0 radical (unpaired) electrons. The minimum atomic E-state index is 0.260. The van der Waals surface area contributed by atoms with Crippen LogP contribution >= 0.6 is 22.9 Å². The molecule has 0 unspecified atom stereocenters. The summed E-state index contributed by atoms with van der Waals surface area (Å²) in [4.78, 5) is 5.34. The summed E-state index contributed by atoms with van der Waals surface area (Å²) in [5.41, 5.74) is 0.989. The Hall–Kier alpha value is -0.870. The van der Waals surface area contributed by atoms with Gasteiger partial charge in [-0.1, -0.05) is 5.16 Å². The number of rotatable bonds is 2. The van der Waals surface area contributed by atoms with Crippen molar-refractivity contribution in [2.75, 3.05) is 0 Å². The maximum atomic E-state index is 5.54. The second kappa shape index (κ2) is 3.47. The highest BCUT2D eigenvalue weighted by molar-refractivity contribution is 7.10. The number of thiophene rings is 1. The Balaban J connectivity index is 2.35. The van der Waals surface area contributed by atoms with E-state index in [0.717, 1.165) is 5.56 Å². The molecule has 0 saturated carbocycles. The topological polar surface area (TPSA) is 38.9 Å². The quantitative estimate of drug-likeness (QED) is 0.722. The van der Waals surface area contributed by atoms with Crippen LogP contribution in [-0.2, 0) is 5.88 Å². The molecule has 2 aromatic heterocycles. The van der Waals surface area contributed by atoms with E-state index in [1.54, 1.807) is 11.3 Å². The number of hydrogen-bond acceptors (Lipinski definition) is 4. The molecule has 0 saturated heterocycles. The molecule has 0 N–H and O–H groups in total. The zero-order valence-corrected chi connectivity index (χ0v) is 8.52. The molecule has 0 aliphatic carbocycles. The lowest BCUT2D eigenvalue weighted by atomic mass is 10.3. The maximum absolute atomic E-state index is 5.54. The molecule has 13 heavy (non-hydrogen) atoms. The van der Waals surface area contributed by atoms with E-state index in [0.29, 0.717) is 11.7 Å². The summed E-state index contributed by atoms with van der Waals surface area (Å²) in [6.45, 7) is 2.04. The van der Waals surface area contributed by atoms with Crippen molar-refractivity contribution in [2.24, 2.45) is 0 Å². The Kier molecular flexibility index (Phi) is 2.33. The van der Waals surface area contributed by atoms with Gasteiger partial charge in [0.25, 0.3) is 0 Å². The van der Waals surface area contributed by atoms with Crippen molar-refractivity contribution in [3.8, 4) is 11.4 Å². The van der Waals surface area contributed by atoms with Gasteiger partial charge >= 0.3 is 0 Å². The largest absolute Gasteiger partial charge is 0.338 e. The Labute approximate surface area is 84.3 Å². The lowest BCUT2D eigenvalue weighted by Gasteiger charge is -1.82. The molecular formula is C8H7ClN2OS. The van der Waals surface area contributed by atoms with E-state index < -0.39 is 0 Å². The SMILES string of the molecule is Cc1cc(-c2noc(CCl)n2)cs1. The van der Waals surface area contributed by atoms with Gasteiger partial charge in [-0.15, -0.1) is 22.9 Å². The fraction of sp³-hybridized carbons (Fsp3) is 0.250. The van der Waals surface area contributed by atoms with E-state index in [9.17, 15) is 0 Å². The Bertz CT molecular complexity index is 410. The van der Waals surface area contributed by atoms with E-state index in [4.69, 9.17) is 16.1 Å². The van der Waals surface area contributed by atoms with Gasteiger partial charge in [0.2, 0.25) is 11.7 Å². The first kappa shape index (κ1) is 8.72. The minimum Gasteiger partial charge on any atom is -0.338 e. The summed E-state index contributed by atoms with van der Waals surface area (Å²) in [6.07, 6.45) is 0. The Morgan fingerprint density at radius 3 is 3.00 bits per heavy atom. The molecule has 5 heteroatoms. The van der Waals surface area contributed by atoms with Gasteiger partial charge in [0, 0.05) is 15.8 Å². The number of halogens is 1. The molecule has 0 aromatic carbocycles. The third-order valence-corrected chi connectivity index (χ3v) is 2.66. The molecular weight excluding hydrogens is 208 g/mol. The van der Waals surface area contributed by atoms with Gasteiger partial charge in [-0.25, -0.2) is 0 Å². The number of hydrogen-bond donors (Lipinski definition) is 0. The second-order valence-electron chi connectivity index (χ2n) is 2.59. The third-order valence-electron chi connectivity index (χ3n) is 1.57. The molecule has 0 bridgehead atoms. The zero-order valence-electron chi connectivity index (χ0n) is 6.95. The van der Waals surface area contributed by atoms with E-state index in [1.165, 1.54) is 4.88 Å². The molecule has 0 fully saturated rings. The van der Waals surface area contributed by atoms with Crippen LogP contribution in [0.5, 0.6) is 0 Å². The maximum Gasteiger partial charge on any atom is 0.241 e. The second-order valence-corrected chi connectivity index (χ2v) is 3.97. The highest BCUT2D eigenvalue weighted by atomic mass is 35.5. The lowest BCUT2D eigenvalue weighted by molar-refractivity contribution is 0.391. The molecule has 3 nitrogen and oxygen atoms in total. The van der Waals surface area contributed by atoms with Crippen LogP contribution in [0.25, 0.3) is 11.4 Å². The van der Waals surface area contributed by atoms with Crippen LogP contribution < -0.4 is 0 Å². The molecule has 0 spiro atoms. The predicted molar refractivity (Wildman–Crippen MR) is 51.9 cm³/mol. The van der Waals surface area contributed by atoms with Gasteiger partial charge in [-0.3, -0.25) is 0 Å². The van der Waals surface area contributed by atoms with Crippen LogP contribution in [0.1, 0.15) is 10.8 Å². The van der Waals surface area contributed by atoms with Gasteiger partial charge in [0.1, 0.15) is 5.88 Å². The molecule has 2 aromatic rings. The fourth-order valence-corrected chi connectivity index (χ4v) is 1.78. The van der Waals surface area contributed by atoms with Crippen molar-refractivity contribution >= 4 is 22.9 Å². The number of nitrogens with zero attached hydrogens (tertiary/aromatic N) is 2. The summed E-state index contributed by atoms with van der Waals surface area (Å²) in [7, 11) is 0. The first-order valence-electron chi connectivity index (χ1n) is 3.73. The van der Waals surface area contributed by atoms with E-state index in [1.807, 2.05) is 18.4 Å². The summed E-state index contributed by atoms with van der Waals surface area (Å²) < 4.78 is 4.89. The van der Waals surface area contributed by atoms with Crippen LogP contribution in [-0.4, -0.2) is 10.1 Å². The molecule has 0 amide bonds. The minimum absolute atomic E-state index is 0.260. The van der Waals surface area contributed by atoms with Crippen LogP contribution in [0.15, 0.2) is 16.0 Å². The van der Waals surface area contributed by atoms with Crippen molar-refractivity contribution in [2.45, 2.75) is 12.8 Å². The van der Waals surface area contributed by atoms with Gasteiger partial charge in [-0.2, -0.15) is 4.98 Å². The standard InChI is InChI=1S/C8H7ClN2OS/c1-5-2-6(4-13-5)8-10-7(3-9)12-11-8/h2,4H,3H2,1H3. The van der Waals surface area contributed by atoms with Crippen LogP contribution in [0, 0.1) is 6.92 Å². The predicted octanol–water partition coefficient (Wildman–Crippen LogP) is 2.85. The molecule has 0 aliphatic heterocycles. The summed E-state index contributed by atoms with van der Waals surface area (Å²) >= 11 is 7.20. The Morgan fingerprint density at radius 2 is 2.46 bits per heavy atom. The summed E-state index contributed by atoms with van der Waals surface area (Å²) in [6, 6.07) is 2.02. The average Bonchev–Trinajstić information content (AvgIpc) is 2.71. The molecule has 2 heterocycles. The zero-order chi connectivity index (χ0) is 9.26. The normalized spacial score (nSPS) is 10.6. The smallest absolute Gasteiger partial charge is 0.241 e. The van der Waals surface area contributed by atoms with Crippen LogP contribution in [0.4, 0.5) is 0 Å². The third kappa shape index (κ3) is 1.73. The Morgan fingerprint density at radius 1 is 1.62 bits per heavy atom. The lowest BCUT2D eigenvalue weighted by Crippen LogP contribution is -1.77. The van der Waals surface area contributed by atoms with Crippen LogP contribution in [0.3, 0.4) is 0 Å². The fourth-order valence-electron chi connectivity index (χ4n) is 0.987. The van der Waals surface area contributed by atoms with Crippen molar-refractivity contribution in [1.82, 2.24) is 10.1 Å². The molecule has 2 rings (SSSR count). The summed E-state index contributed by atoms with van der Waals surface area (Å²) in [5.74, 6) is 1.33.